The van der Waals surface area contributed by atoms with E-state index >= 15 is 0 Å². The molecule has 0 amide bonds. The van der Waals surface area contributed by atoms with Gasteiger partial charge in [0.15, 0.2) is 0 Å². The minimum atomic E-state index is -3.06. The van der Waals surface area contributed by atoms with Gasteiger partial charge in [0, 0.05) is 19.6 Å². The van der Waals surface area contributed by atoms with E-state index in [1.54, 1.807) is 16.8 Å². The molecule has 0 unspecified atom stereocenters. The van der Waals surface area contributed by atoms with Crippen molar-refractivity contribution in [3.8, 4) is 0 Å². The van der Waals surface area contributed by atoms with Gasteiger partial charge in [-0.3, -0.25) is 0 Å². The Morgan fingerprint density at radius 3 is 2.84 bits per heavy atom. The Morgan fingerprint density at radius 2 is 2.26 bits per heavy atom. The molecule has 3 rings (SSSR count). The zero-order valence-electron chi connectivity index (χ0n) is 10.9. The Bertz CT molecular complexity index is 535. The molecule has 2 heterocycles. The lowest BCUT2D eigenvalue weighted by atomic mass is 9.91. The minimum Gasteiger partial charge on any atom is -0.347 e. The first-order valence-corrected chi connectivity index (χ1v) is 9.21. The van der Waals surface area contributed by atoms with Gasteiger partial charge in [-0.25, -0.2) is 13.1 Å². The fourth-order valence-electron chi connectivity index (χ4n) is 3.03. The molecule has 19 heavy (non-hydrogen) atoms. The van der Waals surface area contributed by atoms with Gasteiger partial charge in [-0.1, -0.05) is 11.3 Å². The van der Waals surface area contributed by atoms with Crippen molar-refractivity contribution in [3.63, 3.8) is 0 Å². The van der Waals surface area contributed by atoms with E-state index in [2.05, 4.69) is 19.8 Å². The lowest BCUT2D eigenvalue weighted by Gasteiger charge is -2.32. The molecule has 2 aliphatic rings. The number of sulfonamides is 1. The molecule has 1 aromatic heterocycles. The van der Waals surface area contributed by atoms with Crippen LogP contribution in [0.3, 0.4) is 0 Å². The molecule has 8 heteroatoms. The Morgan fingerprint density at radius 1 is 1.53 bits per heavy atom. The van der Waals surface area contributed by atoms with Gasteiger partial charge in [-0.15, -0.1) is 10.2 Å². The molecule has 0 aromatic carbocycles. The van der Waals surface area contributed by atoms with Crippen LogP contribution in [0.15, 0.2) is 5.51 Å². The van der Waals surface area contributed by atoms with Crippen LogP contribution in [0.25, 0.3) is 0 Å². The molecule has 2 fully saturated rings. The highest BCUT2D eigenvalue weighted by molar-refractivity contribution is 7.88. The summed E-state index contributed by atoms with van der Waals surface area (Å²) >= 11 is 1.58. The first kappa shape index (κ1) is 13.3. The lowest BCUT2D eigenvalue weighted by molar-refractivity contribution is 0.348. The van der Waals surface area contributed by atoms with Crippen LogP contribution >= 0.6 is 11.3 Å². The number of hydrogen-bond donors (Lipinski definition) is 1. The maximum atomic E-state index is 11.1. The molecular formula is C11H18N4O2S2. The quantitative estimate of drug-likeness (QED) is 0.886. The molecule has 106 valence electrons. The summed E-state index contributed by atoms with van der Waals surface area (Å²) < 4.78 is 24.9. The number of hydrogen-bond acceptors (Lipinski definition) is 6. The van der Waals surface area contributed by atoms with E-state index in [0.717, 1.165) is 37.5 Å². The third-order valence-corrected chi connectivity index (χ3v) is 5.77. The van der Waals surface area contributed by atoms with Crippen molar-refractivity contribution in [1.82, 2.24) is 14.9 Å². The monoisotopic (exact) mass is 302 g/mol. The number of nitrogens with one attached hydrogen (secondary N) is 1. The summed E-state index contributed by atoms with van der Waals surface area (Å²) in [6, 6.07) is 0. The Kier molecular flexibility index (Phi) is 3.26. The van der Waals surface area contributed by atoms with E-state index in [1.165, 1.54) is 6.26 Å². The fourth-order valence-corrected chi connectivity index (χ4v) is 4.15. The van der Waals surface area contributed by atoms with E-state index < -0.39 is 10.0 Å². The highest BCUT2D eigenvalue weighted by atomic mass is 32.2. The second-order valence-corrected chi connectivity index (χ2v) is 8.24. The van der Waals surface area contributed by atoms with Gasteiger partial charge in [0.2, 0.25) is 15.2 Å². The van der Waals surface area contributed by atoms with E-state index in [9.17, 15) is 8.42 Å². The number of anilines is 1. The third kappa shape index (κ3) is 2.90. The first-order chi connectivity index (χ1) is 8.99. The zero-order chi connectivity index (χ0) is 13.5. The predicted octanol–water partition coefficient (Wildman–Crippen LogP) is 0.694. The van der Waals surface area contributed by atoms with Gasteiger partial charge in [0.1, 0.15) is 5.51 Å². The van der Waals surface area contributed by atoms with Gasteiger partial charge in [0.05, 0.1) is 6.26 Å². The molecule has 1 atom stereocenters. The molecule has 0 bridgehead atoms. The van der Waals surface area contributed by atoms with Crippen LogP contribution in [0.5, 0.6) is 0 Å². The molecule has 1 aliphatic carbocycles. The Hall–Kier alpha value is -0.730. The highest BCUT2D eigenvalue weighted by Gasteiger charge is 2.54. The minimum absolute atomic E-state index is 0.374. The predicted molar refractivity (Wildman–Crippen MR) is 74.7 cm³/mol. The van der Waals surface area contributed by atoms with Crippen molar-refractivity contribution in [2.75, 3.05) is 30.8 Å². The summed E-state index contributed by atoms with van der Waals surface area (Å²) in [6.45, 7) is 2.60. The number of piperidine rings is 1. The number of nitrogens with zero attached hydrogens (tertiary/aromatic N) is 3. The molecule has 1 spiro atoms. The molecule has 0 radical (unpaired) electrons. The largest absolute Gasteiger partial charge is 0.347 e. The van der Waals surface area contributed by atoms with Crippen molar-refractivity contribution < 1.29 is 8.42 Å². The second-order valence-electron chi connectivity index (χ2n) is 5.59. The average molecular weight is 302 g/mol. The average Bonchev–Trinajstić information content (AvgIpc) is 2.77. The maximum Gasteiger partial charge on any atom is 0.208 e. The molecule has 1 N–H and O–H groups in total. The van der Waals surface area contributed by atoms with Gasteiger partial charge < -0.3 is 4.90 Å². The van der Waals surface area contributed by atoms with E-state index in [-0.39, 0.29) is 0 Å². The van der Waals surface area contributed by atoms with Crippen molar-refractivity contribution in [2.45, 2.75) is 19.3 Å². The summed E-state index contributed by atoms with van der Waals surface area (Å²) in [5.74, 6) is 0.513. The standard InChI is InChI=1S/C11H18N4O2S2/c1-19(16,17)13-7-9-6-11(9)2-4-15(5-3-11)10-14-12-8-18-10/h8-9,13H,2-7H2,1H3/t9-/m0/s1. The van der Waals surface area contributed by atoms with E-state index in [0.29, 0.717) is 17.9 Å². The summed E-state index contributed by atoms with van der Waals surface area (Å²) in [6.07, 6.45) is 4.63. The van der Waals surface area contributed by atoms with Crippen LogP contribution in [0.1, 0.15) is 19.3 Å². The summed E-state index contributed by atoms with van der Waals surface area (Å²) in [5, 5.41) is 8.97. The first-order valence-electron chi connectivity index (χ1n) is 6.44. The van der Waals surface area contributed by atoms with Crippen molar-refractivity contribution in [1.29, 1.82) is 0 Å². The van der Waals surface area contributed by atoms with Crippen LogP contribution < -0.4 is 9.62 Å². The van der Waals surface area contributed by atoms with E-state index in [4.69, 9.17) is 0 Å². The van der Waals surface area contributed by atoms with Gasteiger partial charge in [-0.05, 0) is 30.6 Å². The van der Waals surface area contributed by atoms with E-state index in [1.807, 2.05) is 0 Å². The molecule has 6 nitrogen and oxygen atoms in total. The van der Waals surface area contributed by atoms with Crippen LogP contribution in [-0.4, -0.2) is 44.5 Å². The van der Waals surface area contributed by atoms with Crippen molar-refractivity contribution >= 4 is 26.5 Å². The van der Waals surface area contributed by atoms with Crippen LogP contribution in [0, 0.1) is 11.3 Å². The van der Waals surface area contributed by atoms with Gasteiger partial charge in [-0.2, -0.15) is 0 Å². The smallest absolute Gasteiger partial charge is 0.208 e. The number of rotatable bonds is 4. The molecule has 1 aromatic rings. The van der Waals surface area contributed by atoms with Crippen molar-refractivity contribution in [2.24, 2.45) is 11.3 Å². The SMILES string of the molecule is CS(=O)(=O)NC[C@@H]1CC12CCN(c1nncs1)CC2. The topological polar surface area (TPSA) is 75.2 Å². The normalized spacial score (nSPS) is 25.7. The summed E-state index contributed by atoms with van der Waals surface area (Å²) in [5.41, 5.74) is 2.13. The Labute approximate surface area is 117 Å². The lowest BCUT2D eigenvalue weighted by Crippen LogP contribution is -2.36. The third-order valence-electron chi connectivity index (χ3n) is 4.33. The second kappa shape index (κ2) is 4.68. The Balaban J connectivity index is 1.51. The summed E-state index contributed by atoms with van der Waals surface area (Å²) in [4.78, 5) is 2.28. The molecule has 1 saturated heterocycles. The van der Waals surface area contributed by atoms with Crippen LogP contribution in [0.4, 0.5) is 5.13 Å². The fraction of sp³-hybridized carbons (Fsp3) is 0.818. The zero-order valence-corrected chi connectivity index (χ0v) is 12.5. The number of aromatic nitrogens is 2. The molecule has 1 aliphatic heterocycles. The van der Waals surface area contributed by atoms with Crippen LogP contribution in [0.2, 0.25) is 0 Å². The van der Waals surface area contributed by atoms with Gasteiger partial charge in [0.25, 0.3) is 0 Å². The molecule has 1 saturated carbocycles. The van der Waals surface area contributed by atoms with Crippen LogP contribution in [-0.2, 0) is 10.0 Å². The molecular weight excluding hydrogens is 284 g/mol. The maximum absolute atomic E-state index is 11.1. The summed E-state index contributed by atoms with van der Waals surface area (Å²) in [7, 11) is -3.06. The van der Waals surface area contributed by atoms with Crippen molar-refractivity contribution in [3.05, 3.63) is 5.51 Å². The highest BCUT2D eigenvalue weighted by Crippen LogP contribution is 2.59. The van der Waals surface area contributed by atoms with Gasteiger partial charge >= 0.3 is 0 Å².